The highest BCUT2D eigenvalue weighted by Gasteiger charge is 2.17. The van der Waals surface area contributed by atoms with Crippen molar-refractivity contribution in [3.05, 3.63) is 181 Å². The van der Waals surface area contributed by atoms with Gasteiger partial charge in [-0.2, -0.15) is 0 Å². The van der Waals surface area contributed by atoms with Crippen LogP contribution in [0.2, 0.25) is 0 Å². The van der Waals surface area contributed by atoms with Crippen LogP contribution in [0.4, 0.5) is 0 Å². The minimum atomic E-state index is 0.554. The molecule has 11 rings (SSSR count). The Morgan fingerprint density at radius 3 is 1.14 bits per heavy atom. The van der Waals surface area contributed by atoms with E-state index in [4.69, 9.17) is 0 Å². The number of rotatable bonds is 8. The summed E-state index contributed by atoms with van der Waals surface area (Å²) in [6.07, 6.45) is 2.28. The third-order valence-electron chi connectivity index (χ3n) is 13.3. The van der Waals surface area contributed by atoms with E-state index in [-0.39, 0.29) is 0 Å². The van der Waals surface area contributed by atoms with Gasteiger partial charge in [-0.15, -0.1) is 0 Å². The lowest BCUT2D eigenvalue weighted by atomic mass is 9.98. The lowest BCUT2D eigenvalue weighted by Crippen LogP contribution is -1.96. The normalized spacial score (nSPS) is 13.1. The van der Waals surface area contributed by atoms with E-state index in [0.29, 0.717) is 11.8 Å². The summed E-state index contributed by atoms with van der Waals surface area (Å²) in [5, 5.41) is 7.56. The lowest BCUT2D eigenvalue weighted by molar-refractivity contribution is 0.733. The van der Waals surface area contributed by atoms with Crippen molar-refractivity contribution in [3.63, 3.8) is 0 Å². The minimum Gasteiger partial charge on any atom is -0.355 e. The number of aromatic nitrogens is 3. The summed E-state index contributed by atoms with van der Waals surface area (Å²) in [4.78, 5) is 3.71. The maximum atomic E-state index is 3.71. The summed E-state index contributed by atoms with van der Waals surface area (Å²) in [6.45, 7) is 9.12. The molecule has 0 saturated heterocycles. The molecule has 2 atom stereocenters. The SMILES string of the molecule is CCC(C)c1ccc(-n2c3ccccc3c3cc(-c4ccc5[nH]c6ccc(-c7ccc8c(c7)c7ccccc7n8-c7ccc(C(C)CC)cc7)cc6c5c4)ccc32)cc1. The van der Waals surface area contributed by atoms with Gasteiger partial charge in [-0.05, 0) is 143 Å². The van der Waals surface area contributed by atoms with Crippen molar-refractivity contribution in [1.82, 2.24) is 14.1 Å². The zero-order chi connectivity index (χ0) is 39.8. The Morgan fingerprint density at radius 2 is 0.729 bits per heavy atom. The van der Waals surface area contributed by atoms with Crippen LogP contribution < -0.4 is 0 Å². The summed E-state index contributed by atoms with van der Waals surface area (Å²) in [5.41, 5.74) is 17.3. The van der Waals surface area contributed by atoms with Gasteiger partial charge in [0, 0.05) is 54.7 Å². The minimum absolute atomic E-state index is 0.554. The van der Waals surface area contributed by atoms with Gasteiger partial charge >= 0.3 is 0 Å². The Bertz CT molecular complexity index is 3150. The molecule has 3 heteroatoms. The highest BCUT2D eigenvalue weighted by atomic mass is 15.0. The molecule has 0 spiro atoms. The largest absolute Gasteiger partial charge is 0.355 e. The third kappa shape index (κ3) is 5.71. The molecule has 3 heterocycles. The van der Waals surface area contributed by atoms with Crippen molar-refractivity contribution < 1.29 is 0 Å². The molecule has 0 aliphatic heterocycles. The number of aromatic amines is 1. The number of hydrogen-bond acceptors (Lipinski definition) is 0. The molecular weight excluding hydrogens is 715 g/mol. The monoisotopic (exact) mass is 761 g/mol. The van der Waals surface area contributed by atoms with Crippen LogP contribution in [0.1, 0.15) is 63.5 Å². The Hall–Kier alpha value is -6.84. The van der Waals surface area contributed by atoms with Crippen molar-refractivity contribution >= 4 is 65.4 Å². The molecule has 0 amide bonds. The average Bonchev–Trinajstić information content (AvgIpc) is 3.95. The Balaban J connectivity index is 0.990. The number of H-pyrrole nitrogens is 1. The Labute approximate surface area is 345 Å². The zero-order valence-electron chi connectivity index (χ0n) is 34.1. The van der Waals surface area contributed by atoms with Crippen molar-refractivity contribution in [2.45, 2.75) is 52.4 Å². The van der Waals surface area contributed by atoms with Gasteiger partial charge in [-0.25, -0.2) is 0 Å². The molecule has 3 nitrogen and oxygen atoms in total. The van der Waals surface area contributed by atoms with Crippen LogP contribution in [0.3, 0.4) is 0 Å². The predicted octanol–water partition coefficient (Wildman–Crippen LogP) is 15.9. The fraction of sp³-hybridized carbons (Fsp3) is 0.143. The Kier molecular flexibility index (Phi) is 8.34. The van der Waals surface area contributed by atoms with Crippen molar-refractivity contribution in [2.24, 2.45) is 0 Å². The predicted molar refractivity (Wildman–Crippen MR) is 253 cm³/mol. The van der Waals surface area contributed by atoms with Crippen LogP contribution in [0, 0.1) is 0 Å². The lowest BCUT2D eigenvalue weighted by Gasteiger charge is -2.12. The number of nitrogens with zero attached hydrogens (tertiary/aromatic N) is 2. The van der Waals surface area contributed by atoms with E-state index in [2.05, 4.69) is 212 Å². The zero-order valence-corrected chi connectivity index (χ0v) is 34.1. The van der Waals surface area contributed by atoms with Gasteiger partial charge in [0.25, 0.3) is 0 Å². The number of benzene rings is 8. The molecule has 8 aromatic carbocycles. The maximum absolute atomic E-state index is 3.71. The van der Waals surface area contributed by atoms with Crippen molar-refractivity contribution in [1.29, 1.82) is 0 Å². The Morgan fingerprint density at radius 1 is 0.373 bits per heavy atom. The number of nitrogens with one attached hydrogen (secondary N) is 1. The molecule has 1 N–H and O–H groups in total. The summed E-state index contributed by atoms with van der Waals surface area (Å²) >= 11 is 0. The van der Waals surface area contributed by atoms with Gasteiger partial charge in [0.15, 0.2) is 0 Å². The smallest absolute Gasteiger partial charge is 0.0541 e. The second-order valence-corrected chi connectivity index (χ2v) is 16.6. The van der Waals surface area contributed by atoms with Gasteiger partial charge in [-0.1, -0.05) is 113 Å². The summed E-state index contributed by atoms with van der Waals surface area (Å²) in [6, 6.07) is 63.6. The molecule has 11 aromatic rings. The van der Waals surface area contributed by atoms with Crippen LogP contribution in [-0.4, -0.2) is 14.1 Å². The highest BCUT2D eigenvalue weighted by molar-refractivity contribution is 6.13. The molecule has 0 aliphatic rings. The maximum Gasteiger partial charge on any atom is 0.0541 e. The quantitative estimate of drug-likeness (QED) is 0.160. The van der Waals surface area contributed by atoms with Gasteiger partial charge in [-0.3, -0.25) is 0 Å². The summed E-state index contributed by atoms with van der Waals surface area (Å²) in [5.74, 6) is 1.11. The van der Waals surface area contributed by atoms with E-state index in [1.54, 1.807) is 0 Å². The van der Waals surface area contributed by atoms with E-state index >= 15 is 0 Å². The van der Waals surface area contributed by atoms with E-state index in [0.717, 1.165) is 23.9 Å². The van der Waals surface area contributed by atoms with Gasteiger partial charge in [0.2, 0.25) is 0 Å². The van der Waals surface area contributed by atoms with Crippen LogP contribution in [0.25, 0.3) is 99.0 Å². The number of hydrogen-bond donors (Lipinski definition) is 1. The topological polar surface area (TPSA) is 25.6 Å². The molecule has 286 valence electrons. The van der Waals surface area contributed by atoms with E-state index in [1.807, 2.05) is 0 Å². The first-order valence-corrected chi connectivity index (χ1v) is 21.3. The van der Waals surface area contributed by atoms with E-state index in [1.165, 1.54) is 99.1 Å². The first-order valence-electron chi connectivity index (χ1n) is 21.3. The van der Waals surface area contributed by atoms with Crippen LogP contribution >= 0.6 is 0 Å². The van der Waals surface area contributed by atoms with Gasteiger partial charge in [0.1, 0.15) is 0 Å². The van der Waals surface area contributed by atoms with Gasteiger partial charge in [0.05, 0.1) is 22.1 Å². The van der Waals surface area contributed by atoms with Crippen molar-refractivity contribution in [2.75, 3.05) is 0 Å². The van der Waals surface area contributed by atoms with Crippen LogP contribution in [-0.2, 0) is 0 Å². The summed E-state index contributed by atoms with van der Waals surface area (Å²) < 4.78 is 4.83. The molecule has 0 aliphatic carbocycles. The number of fused-ring (bicyclic) bond motifs is 9. The third-order valence-corrected chi connectivity index (χ3v) is 13.3. The first kappa shape index (κ1) is 35.3. The highest BCUT2D eigenvalue weighted by Crippen LogP contribution is 2.39. The van der Waals surface area contributed by atoms with Crippen LogP contribution in [0.5, 0.6) is 0 Å². The fourth-order valence-electron chi connectivity index (χ4n) is 9.49. The van der Waals surface area contributed by atoms with E-state index < -0.39 is 0 Å². The molecule has 59 heavy (non-hydrogen) atoms. The molecular formula is C56H47N3. The second kappa shape index (κ2) is 13.9. The molecule has 3 aromatic heterocycles. The molecule has 0 saturated carbocycles. The average molecular weight is 762 g/mol. The van der Waals surface area contributed by atoms with Crippen molar-refractivity contribution in [3.8, 4) is 33.6 Å². The number of para-hydroxylation sites is 2. The molecule has 0 fully saturated rings. The standard InChI is InChI=1S/C56H47N3/c1-5-35(3)37-15-23-43(24-16-37)58-53-13-9-7-11-45(53)49-33-41(21-29-55(49)58)39-19-27-51-47(31-39)48-32-40(20-28-52(48)57-51)42-22-30-56-50(34-42)46-12-8-10-14-54(46)59(56)44-25-17-38(18-26-44)36(4)6-2/h7-36,57H,5-6H2,1-4H3. The van der Waals surface area contributed by atoms with Crippen LogP contribution in [0.15, 0.2) is 170 Å². The van der Waals surface area contributed by atoms with Gasteiger partial charge < -0.3 is 14.1 Å². The molecule has 0 bridgehead atoms. The molecule has 2 unspecified atom stereocenters. The summed E-state index contributed by atoms with van der Waals surface area (Å²) in [7, 11) is 0. The first-order chi connectivity index (χ1) is 29.0. The second-order valence-electron chi connectivity index (χ2n) is 16.6. The van der Waals surface area contributed by atoms with E-state index in [9.17, 15) is 0 Å². The fourth-order valence-corrected chi connectivity index (χ4v) is 9.49. The molecule has 0 radical (unpaired) electrons.